The topological polar surface area (TPSA) is 55.1 Å². The van der Waals surface area contributed by atoms with Gasteiger partial charge in [-0.15, -0.1) is 0 Å². The maximum absolute atomic E-state index is 12.1. The summed E-state index contributed by atoms with van der Waals surface area (Å²) >= 11 is 0. The summed E-state index contributed by atoms with van der Waals surface area (Å²) in [6, 6.07) is 7.52. The average Bonchev–Trinajstić information content (AvgIpc) is 2.34. The summed E-state index contributed by atoms with van der Waals surface area (Å²) in [6.45, 7) is 4.55. The molecular formula is C15H22N2O. The monoisotopic (exact) mass is 246 g/mol. The van der Waals surface area contributed by atoms with E-state index in [0.717, 1.165) is 18.8 Å². The lowest BCUT2D eigenvalue weighted by atomic mass is 9.79. The van der Waals surface area contributed by atoms with E-state index in [2.05, 4.69) is 19.2 Å². The van der Waals surface area contributed by atoms with Gasteiger partial charge in [-0.25, -0.2) is 0 Å². The number of hydrogen-bond donors (Lipinski definition) is 2. The van der Waals surface area contributed by atoms with Gasteiger partial charge in [0, 0.05) is 11.7 Å². The number of para-hydroxylation sites is 1. The molecule has 2 rings (SSSR count). The van der Waals surface area contributed by atoms with Crippen LogP contribution in [0.25, 0.3) is 0 Å². The van der Waals surface area contributed by atoms with Gasteiger partial charge in [-0.2, -0.15) is 0 Å². The average molecular weight is 246 g/mol. The highest BCUT2D eigenvalue weighted by atomic mass is 16.1. The highest BCUT2D eigenvalue weighted by molar-refractivity contribution is 5.99. The molecule has 1 amide bonds. The Morgan fingerprint density at radius 3 is 2.61 bits per heavy atom. The fraction of sp³-hybridized carbons (Fsp3) is 0.533. The van der Waals surface area contributed by atoms with Crippen LogP contribution in [-0.2, 0) is 0 Å². The predicted octanol–water partition coefficient (Wildman–Crippen LogP) is 2.82. The minimum absolute atomic E-state index is 0.0418. The standard InChI is InChI=1S/C15H22N2O/c1-10-7-8-12(9-11(10)2)17-15(18)13-5-3-4-6-14(13)16/h3-6,10-12H,7-9,16H2,1-2H3,(H,17,18). The summed E-state index contributed by atoms with van der Waals surface area (Å²) in [5.74, 6) is 1.40. The molecule has 3 N–H and O–H groups in total. The van der Waals surface area contributed by atoms with Crippen LogP contribution in [0.1, 0.15) is 43.5 Å². The Morgan fingerprint density at radius 2 is 1.94 bits per heavy atom. The first-order chi connectivity index (χ1) is 8.58. The van der Waals surface area contributed by atoms with Crippen LogP contribution in [0.2, 0.25) is 0 Å². The Hall–Kier alpha value is -1.51. The van der Waals surface area contributed by atoms with E-state index in [0.29, 0.717) is 23.2 Å². The number of nitrogens with two attached hydrogens (primary N) is 1. The van der Waals surface area contributed by atoms with Crippen molar-refractivity contribution in [2.24, 2.45) is 11.8 Å². The van der Waals surface area contributed by atoms with E-state index in [1.54, 1.807) is 12.1 Å². The fourth-order valence-corrected chi connectivity index (χ4v) is 2.65. The van der Waals surface area contributed by atoms with E-state index in [9.17, 15) is 4.79 Å². The highest BCUT2D eigenvalue weighted by Gasteiger charge is 2.26. The summed E-state index contributed by atoms with van der Waals surface area (Å²) in [7, 11) is 0. The van der Waals surface area contributed by atoms with Gasteiger partial charge in [-0.1, -0.05) is 26.0 Å². The van der Waals surface area contributed by atoms with Gasteiger partial charge >= 0.3 is 0 Å². The van der Waals surface area contributed by atoms with Crippen molar-refractivity contribution in [2.45, 2.75) is 39.2 Å². The van der Waals surface area contributed by atoms with E-state index in [1.807, 2.05) is 12.1 Å². The maximum atomic E-state index is 12.1. The number of benzene rings is 1. The van der Waals surface area contributed by atoms with Crippen molar-refractivity contribution in [3.8, 4) is 0 Å². The van der Waals surface area contributed by atoms with Crippen LogP contribution < -0.4 is 11.1 Å². The summed E-state index contributed by atoms with van der Waals surface area (Å²) in [5.41, 5.74) is 6.95. The van der Waals surface area contributed by atoms with Crippen molar-refractivity contribution in [2.75, 3.05) is 5.73 Å². The Morgan fingerprint density at radius 1 is 1.22 bits per heavy atom. The zero-order valence-electron chi connectivity index (χ0n) is 11.1. The Kier molecular flexibility index (Phi) is 3.90. The molecule has 0 spiro atoms. The molecule has 1 aliphatic carbocycles. The van der Waals surface area contributed by atoms with Crippen LogP contribution in [0.5, 0.6) is 0 Å². The Labute approximate surface area is 109 Å². The maximum Gasteiger partial charge on any atom is 0.253 e. The molecule has 0 radical (unpaired) electrons. The van der Waals surface area contributed by atoms with Gasteiger partial charge in [0.25, 0.3) is 5.91 Å². The third kappa shape index (κ3) is 2.84. The molecule has 3 unspecified atom stereocenters. The second-order valence-corrected chi connectivity index (χ2v) is 5.53. The molecule has 1 aromatic rings. The quantitative estimate of drug-likeness (QED) is 0.788. The molecule has 0 bridgehead atoms. The minimum atomic E-state index is -0.0418. The zero-order valence-corrected chi connectivity index (χ0v) is 11.1. The molecule has 18 heavy (non-hydrogen) atoms. The summed E-state index contributed by atoms with van der Waals surface area (Å²) < 4.78 is 0. The largest absolute Gasteiger partial charge is 0.398 e. The second kappa shape index (κ2) is 5.42. The molecule has 0 saturated heterocycles. The number of rotatable bonds is 2. The van der Waals surface area contributed by atoms with Crippen LogP contribution in [0.4, 0.5) is 5.69 Å². The first-order valence-corrected chi connectivity index (χ1v) is 6.73. The van der Waals surface area contributed by atoms with Crippen LogP contribution in [0.15, 0.2) is 24.3 Å². The summed E-state index contributed by atoms with van der Waals surface area (Å²) in [6.07, 6.45) is 3.33. The fourth-order valence-electron chi connectivity index (χ4n) is 2.65. The molecule has 98 valence electrons. The van der Waals surface area contributed by atoms with E-state index in [-0.39, 0.29) is 5.91 Å². The van der Waals surface area contributed by atoms with Gasteiger partial charge in [-0.05, 0) is 43.2 Å². The molecule has 3 heteroatoms. The molecule has 3 atom stereocenters. The summed E-state index contributed by atoms with van der Waals surface area (Å²) in [5, 5.41) is 3.11. The smallest absolute Gasteiger partial charge is 0.253 e. The number of carbonyl (C=O) groups is 1. The van der Waals surface area contributed by atoms with Crippen molar-refractivity contribution in [1.29, 1.82) is 0 Å². The van der Waals surface area contributed by atoms with Gasteiger partial charge in [-0.3, -0.25) is 4.79 Å². The molecule has 1 aliphatic rings. The number of nitrogens with one attached hydrogen (secondary N) is 1. The van der Waals surface area contributed by atoms with Crippen molar-refractivity contribution in [1.82, 2.24) is 5.32 Å². The van der Waals surface area contributed by atoms with E-state index in [4.69, 9.17) is 5.73 Å². The minimum Gasteiger partial charge on any atom is -0.398 e. The van der Waals surface area contributed by atoms with Gasteiger partial charge < -0.3 is 11.1 Å². The molecule has 0 heterocycles. The third-order valence-corrected chi connectivity index (χ3v) is 4.14. The van der Waals surface area contributed by atoms with Crippen LogP contribution in [-0.4, -0.2) is 11.9 Å². The molecule has 1 saturated carbocycles. The molecular weight excluding hydrogens is 224 g/mol. The zero-order chi connectivity index (χ0) is 13.1. The number of nitrogen functional groups attached to an aromatic ring is 1. The number of anilines is 1. The van der Waals surface area contributed by atoms with E-state index < -0.39 is 0 Å². The van der Waals surface area contributed by atoms with E-state index in [1.165, 1.54) is 6.42 Å². The number of amides is 1. The molecule has 1 aromatic carbocycles. The first kappa shape index (κ1) is 12.9. The van der Waals surface area contributed by atoms with Gasteiger partial charge in [0.05, 0.1) is 5.56 Å². The highest BCUT2D eigenvalue weighted by Crippen LogP contribution is 2.29. The van der Waals surface area contributed by atoms with Crippen LogP contribution in [0.3, 0.4) is 0 Å². The molecule has 0 aliphatic heterocycles. The number of hydrogen-bond acceptors (Lipinski definition) is 2. The van der Waals surface area contributed by atoms with Gasteiger partial charge in [0.2, 0.25) is 0 Å². The van der Waals surface area contributed by atoms with Gasteiger partial charge in [0.1, 0.15) is 0 Å². The first-order valence-electron chi connectivity index (χ1n) is 6.73. The SMILES string of the molecule is CC1CCC(NC(=O)c2ccccc2N)CC1C. The summed E-state index contributed by atoms with van der Waals surface area (Å²) in [4.78, 5) is 12.1. The predicted molar refractivity (Wildman–Crippen MR) is 74.3 cm³/mol. The lowest BCUT2D eigenvalue weighted by Gasteiger charge is -2.32. The van der Waals surface area contributed by atoms with Crippen molar-refractivity contribution < 1.29 is 4.79 Å². The van der Waals surface area contributed by atoms with Crippen molar-refractivity contribution in [3.63, 3.8) is 0 Å². The third-order valence-electron chi connectivity index (χ3n) is 4.14. The Bertz CT molecular complexity index is 430. The number of carbonyl (C=O) groups excluding carboxylic acids is 1. The van der Waals surface area contributed by atoms with Gasteiger partial charge in [0.15, 0.2) is 0 Å². The lowest BCUT2D eigenvalue weighted by Crippen LogP contribution is -2.40. The van der Waals surface area contributed by atoms with E-state index >= 15 is 0 Å². The lowest BCUT2D eigenvalue weighted by molar-refractivity contribution is 0.0911. The normalized spacial score (nSPS) is 27.8. The van der Waals surface area contributed by atoms with Crippen molar-refractivity contribution >= 4 is 11.6 Å². The van der Waals surface area contributed by atoms with Crippen LogP contribution >= 0.6 is 0 Å². The molecule has 1 fully saturated rings. The molecule has 3 nitrogen and oxygen atoms in total. The van der Waals surface area contributed by atoms with Crippen LogP contribution in [0, 0.1) is 11.8 Å². The molecule has 0 aromatic heterocycles. The second-order valence-electron chi connectivity index (χ2n) is 5.53. The van der Waals surface area contributed by atoms with Crippen molar-refractivity contribution in [3.05, 3.63) is 29.8 Å². The Balaban J connectivity index is 1.98.